The van der Waals surface area contributed by atoms with Crippen molar-refractivity contribution in [2.45, 2.75) is 0 Å². The number of benzene rings is 2. The first kappa shape index (κ1) is 18.5. The van der Waals surface area contributed by atoms with Crippen LogP contribution in [0, 0.1) is 5.92 Å². The summed E-state index contributed by atoms with van der Waals surface area (Å²) >= 11 is 5.17. The molecule has 1 N–H and O–H groups in total. The predicted octanol–water partition coefficient (Wildman–Crippen LogP) is 2.47. The SMILES string of the molecule is COc1ccc(N=CC2C(=O)NC(=S)N(c3ccc(OC)cc3)C2=O)cc1. The fourth-order valence-corrected chi connectivity index (χ4v) is 2.82. The monoisotopic (exact) mass is 383 g/mol. The van der Waals surface area contributed by atoms with E-state index in [1.54, 1.807) is 62.8 Å². The first-order chi connectivity index (χ1) is 13.0. The number of nitrogens with zero attached hydrogens (tertiary/aromatic N) is 2. The molecule has 0 aliphatic carbocycles. The molecule has 2 amide bonds. The number of carbonyl (C=O) groups is 2. The Morgan fingerprint density at radius 3 is 2.11 bits per heavy atom. The molecule has 0 saturated carbocycles. The van der Waals surface area contributed by atoms with Crippen LogP contribution in [0.5, 0.6) is 11.5 Å². The molecular weight excluding hydrogens is 366 g/mol. The Morgan fingerprint density at radius 1 is 1.00 bits per heavy atom. The second-order valence-corrected chi connectivity index (χ2v) is 6.01. The van der Waals surface area contributed by atoms with E-state index >= 15 is 0 Å². The van der Waals surface area contributed by atoms with E-state index < -0.39 is 17.7 Å². The van der Waals surface area contributed by atoms with Gasteiger partial charge in [0.2, 0.25) is 5.91 Å². The van der Waals surface area contributed by atoms with Gasteiger partial charge in [-0.15, -0.1) is 0 Å². The fraction of sp³-hybridized carbons (Fsp3) is 0.158. The van der Waals surface area contributed by atoms with Crippen LogP contribution in [0.4, 0.5) is 11.4 Å². The quantitative estimate of drug-likeness (QED) is 0.487. The number of aliphatic imine (C=N–C) groups is 1. The molecule has 1 unspecified atom stereocenters. The zero-order chi connectivity index (χ0) is 19.4. The van der Waals surface area contributed by atoms with Gasteiger partial charge in [0.1, 0.15) is 11.5 Å². The zero-order valence-electron chi connectivity index (χ0n) is 14.7. The van der Waals surface area contributed by atoms with Crippen LogP contribution in [-0.4, -0.2) is 37.4 Å². The number of ether oxygens (including phenoxy) is 2. The lowest BCUT2D eigenvalue weighted by Crippen LogP contribution is -2.58. The third-order valence-corrected chi connectivity index (χ3v) is 4.26. The van der Waals surface area contributed by atoms with Crippen molar-refractivity contribution in [3.63, 3.8) is 0 Å². The molecule has 1 aliphatic rings. The van der Waals surface area contributed by atoms with Gasteiger partial charge in [-0.05, 0) is 60.7 Å². The van der Waals surface area contributed by atoms with Crippen LogP contribution in [0.25, 0.3) is 0 Å². The van der Waals surface area contributed by atoms with Crippen LogP contribution in [0.3, 0.4) is 0 Å². The number of rotatable bonds is 5. The summed E-state index contributed by atoms with van der Waals surface area (Å²) in [4.78, 5) is 30.6. The van der Waals surface area contributed by atoms with Gasteiger partial charge in [-0.25, -0.2) is 0 Å². The number of thiocarbonyl (C=S) groups is 1. The van der Waals surface area contributed by atoms with E-state index in [9.17, 15) is 9.59 Å². The first-order valence-electron chi connectivity index (χ1n) is 8.04. The van der Waals surface area contributed by atoms with Gasteiger partial charge in [-0.3, -0.25) is 19.5 Å². The van der Waals surface area contributed by atoms with Crippen LogP contribution in [-0.2, 0) is 9.59 Å². The van der Waals surface area contributed by atoms with Gasteiger partial charge >= 0.3 is 0 Å². The zero-order valence-corrected chi connectivity index (χ0v) is 15.5. The topological polar surface area (TPSA) is 80.2 Å². The molecule has 0 aromatic heterocycles. The van der Waals surface area contributed by atoms with Gasteiger partial charge in [-0.2, -0.15) is 0 Å². The van der Waals surface area contributed by atoms with Crippen molar-refractivity contribution in [2.24, 2.45) is 10.9 Å². The van der Waals surface area contributed by atoms with Crippen LogP contribution in [0.1, 0.15) is 0 Å². The number of carbonyl (C=O) groups excluding carboxylic acids is 2. The molecule has 1 atom stereocenters. The first-order valence-corrected chi connectivity index (χ1v) is 8.45. The second kappa shape index (κ2) is 7.96. The van der Waals surface area contributed by atoms with Crippen molar-refractivity contribution in [3.05, 3.63) is 48.5 Å². The normalized spacial score (nSPS) is 17.2. The second-order valence-electron chi connectivity index (χ2n) is 5.62. The van der Waals surface area contributed by atoms with E-state index in [1.807, 2.05) is 0 Å². The molecule has 1 aliphatic heterocycles. The number of hydrogen-bond acceptors (Lipinski definition) is 6. The van der Waals surface area contributed by atoms with Crippen LogP contribution >= 0.6 is 12.2 Å². The molecular formula is C19H17N3O4S. The number of anilines is 1. The van der Waals surface area contributed by atoms with Gasteiger partial charge in [0.05, 0.1) is 25.6 Å². The van der Waals surface area contributed by atoms with Crippen molar-refractivity contribution in [1.29, 1.82) is 0 Å². The van der Waals surface area contributed by atoms with E-state index in [0.717, 1.165) is 0 Å². The van der Waals surface area contributed by atoms with E-state index in [4.69, 9.17) is 21.7 Å². The Hall–Kier alpha value is -3.26. The highest BCUT2D eigenvalue weighted by atomic mass is 32.1. The molecule has 7 nitrogen and oxygen atoms in total. The van der Waals surface area contributed by atoms with E-state index in [-0.39, 0.29) is 5.11 Å². The van der Waals surface area contributed by atoms with Gasteiger partial charge in [0.15, 0.2) is 11.0 Å². The van der Waals surface area contributed by atoms with Crippen LogP contribution in [0.2, 0.25) is 0 Å². The predicted molar refractivity (Wildman–Crippen MR) is 106 cm³/mol. The maximum Gasteiger partial charge on any atom is 0.251 e. The van der Waals surface area contributed by atoms with E-state index in [0.29, 0.717) is 22.9 Å². The lowest BCUT2D eigenvalue weighted by molar-refractivity contribution is -0.130. The van der Waals surface area contributed by atoms with E-state index in [2.05, 4.69) is 10.3 Å². The molecule has 0 radical (unpaired) electrons. The third-order valence-electron chi connectivity index (χ3n) is 3.98. The number of nitrogens with one attached hydrogen (secondary N) is 1. The lowest BCUT2D eigenvalue weighted by Gasteiger charge is -2.30. The van der Waals surface area contributed by atoms with Crippen molar-refractivity contribution in [3.8, 4) is 11.5 Å². The molecule has 1 heterocycles. The third kappa shape index (κ3) is 3.95. The largest absolute Gasteiger partial charge is 0.497 e. The minimum absolute atomic E-state index is 0.0317. The summed E-state index contributed by atoms with van der Waals surface area (Å²) < 4.78 is 10.2. The molecule has 2 aromatic rings. The Kier molecular flexibility index (Phi) is 5.46. The number of hydrogen-bond donors (Lipinski definition) is 1. The highest BCUT2D eigenvalue weighted by Crippen LogP contribution is 2.24. The molecule has 1 fully saturated rings. The molecule has 2 aromatic carbocycles. The average molecular weight is 383 g/mol. The standard InChI is InChI=1S/C19H17N3O4S/c1-25-14-7-3-12(4-8-14)20-11-16-17(23)21-19(27)22(18(16)24)13-5-9-15(26-2)10-6-13/h3-11,16H,1-2H3,(H,21,23,27). The Morgan fingerprint density at radius 2 is 1.56 bits per heavy atom. The average Bonchev–Trinajstić information content (AvgIpc) is 2.68. The van der Waals surface area contributed by atoms with Crippen molar-refractivity contribution < 1.29 is 19.1 Å². The van der Waals surface area contributed by atoms with Crippen LogP contribution < -0.4 is 19.7 Å². The van der Waals surface area contributed by atoms with Crippen molar-refractivity contribution in [1.82, 2.24) is 5.32 Å². The lowest BCUT2D eigenvalue weighted by atomic mass is 10.1. The summed E-state index contributed by atoms with van der Waals surface area (Å²) in [6.07, 6.45) is 1.32. The highest BCUT2D eigenvalue weighted by molar-refractivity contribution is 7.80. The fourth-order valence-electron chi connectivity index (χ4n) is 2.53. The minimum atomic E-state index is -1.08. The Balaban J connectivity index is 1.83. The van der Waals surface area contributed by atoms with Gasteiger partial charge < -0.3 is 14.8 Å². The molecule has 0 bridgehead atoms. The summed E-state index contributed by atoms with van der Waals surface area (Å²) in [5.41, 5.74) is 1.13. The molecule has 3 rings (SSSR count). The van der Waals surface area contributed by atoms with Gasteiger partial charge in [0.25, 0.3) is 5.91 Å². The molecule has 138 valence electrons. The molecule has 8 heteroatoms. The number of amides is 2. The van der Waals surface area contributed by atoms with Crippen molar-refractivity contribution >= 4 is 46.7 Å². The smallest absolute Gasteiger partial charge is 0.251 e. The van der Waals surface area contributed by atoms with Gasteiger partial charge in [-0.1, -0.05) is 0 Å². The number of methoxy groups -OCH3 is 2. The summed E-state index contributed by atoms with van der Waals surface area (Å²) in [5.74, 6) is -0.716. The summed E-state index contributed by atoms with van der Waals surface area (Å²) in [7, 11) is 3.12. The van der Waals surface area contributed by atoms with E-state index in [1.165, 1.54) is 11.1 Å². The summed E-state index contributed by atoms with van der Waals surface area (Å²) in [6.45, 7) is 0. The van der Waals surface area contributed by atoms with Crippen molar-refractivity contribution in [2.75, 3.05) is 19.1 Å². The minimum Gasteiger partial charge on any atom is -0.497 e. The summed E-state index contributed by atoms with van der Waals surface area (Å²) in [5, 5.41) is 2.58. The Labute approximate surface area is 161 Å². The van der Waals surface area contributed by atoms with Crippen LogP contribution in [0.15, 0.2) is 53.5 Å². The summed E-state index contributed by atoms with van der Waals surface area (Å²) in [6, 6.07) is 13.8. The highest BCUT2D eigenvalue weighted by Gasteiger charge is 2.38. The van der Waals surface area contributed by atoms with Gasteiger partial charge in [0, 0.05) is 6.21 Å². The molecule has 1 saturated heterocycles. The molecule has 27 heavy (non-hydrogen) atoms. The maximum absolute atomic E-state index is 12.9. The maximum atomic E-state index is 12.9. The Bertz CT molecular complexity index is 894. The molecule has 0 spiro atoms.